The molecule has 0 spiro atoms. The van der Waals surface area contributed by atoms with Gasteiger partial charge in [0.1, 0.15) is 5.82 Å². The summed E-state index contributed by atoms with van der Waals surface area (Å²) < 4.78 is 0. The van der Waals surface area contributed by atoms with E-state index >= 15 is 0 Å². The summed E-state index contributed by atoms with van der Waals surface area (Å²) in [6.07, 6.45) is 3.07. The molecule has 1 atom stereocenters. The number of imidazole rings is 1. The standard InChI is InChI=1S/C15H22N4O/c16-12-1-2-13-14(9-12)18-15(17-13)4-7-19-6-3-11(10-19)5-8-20/h1-2,9,11,20H,3-8,10,16H2,(H,17,18). The lowest BCUT2D eigenvalue weighted by Crippen LogP contribution is -2.23. The first-order chi connectivity index (χ1) is 9.74. The van der Waals surface area contributed by atoms with E-state index in [1.807, 2.05) is 18.2 Å². The molecular weight excluding hydrogens is 252 g/mol. The molecular formula is C15H22N4O. The zero-order chi connectivity index (χ0) is 13.9. The number of aliphatic hydroxyl groups is 1. The fourth-order valence-electron chi connectivity index (χ4n) is 3.00. The smallest absolute Gasteiger partial charge is 0.108 e. The lowest BCUT2D eigenvalue weighted by Gasteiger charge is -2.14. The molecule has 1 aliphatic heterocycles. The Morgan fingerprint density at radius 1 is 1.45 bits per heavy atom. The summed E-state index contributed by atoms with van der Waals surface area (Å²) in [6.45, 7) is 3.58. The first-order valence-electron chi connectivity index (χ1n) is 7.32. The minimum atomic E-state index is 0.309. The van der Waals surface area contributed by atoms with E-state index in [9.17, 15) is 0 Å². The third-order valence-electron chi connectivity index (χ3n) is 4.13. The number of aliphatic hydroxyl groups excluding tert-OH is 1. The molecule has 4 N–H and O–H groups in total. The normalized spacial score (nSPS) is 19.9. The van der Waals surface area contributed by atoms with Gasteiger partial charge in [0.05, 0.1) is 11.0 Å². The number of hydrogen-bond acceptors (Lipinski definition) is 4. The largest absolute Gasteiger partial charge is 0.399 e. The van der Waals surface area contributed by atoms with E-state index in [1.54, 1.807) is 0 Å². The molecule has 0 bridgehead atoms. The number of aromatic nitrogens is 2. The molecule has 1 aromatic heterocycles. The van der Waals surface area contributed by atoms with Crippen molar-refractivity contribution in [3.63, 3.8) is 0 Å². The monoisotopic (exact) mass is 274 g/mol. The average molecular weight is 274 g/mol. The van der Waals surface area contributed by atoms with E-state index in [1.165, 1.54) is 6.42 Å². The summed E-state index contributed by atoms with van der Waals surface area (Å²) >= 11 is 0. The van der Waals surface area contributed by atoms with Crippen molar-refractivity contribution in [1.82, 2.24) is 14.9 Å². The van der Waals surface area contributed by atoms with Gasteiger partial charge in [-0.3, -0.25) is 0 Å². The third-order valence-corrected chi connectivity index (χ3v) is 4.13. The van der Waals surface area contributed by atoms with E-state index in [2.05, 4.69) is 14.9 Å². The van der Waals surface area contributed by atoms with Crippen LogP contribution in [-0.4, -0.2) is 46.2 Å². The fourth-order valence-corrected chi connectivity index (χ4v) is 3.00. The number of hydrogen-bond donors (Lipinski definition) is 3. The molecule has 0 saturated carbocycles. The molecule has 20 heavy (non-hydrogen) atoms. The highest BCUT2D eigenvalue weighted by Crippen LogP contribution is 2.20. The van der Waals surface area contributed by atoms with Crippen molar-refractivity contribution >= 4 is 16.7 Å². The fraction of sp³-hybridized carbons (Fsp3) is 0.533. The first-order valence-corrected chi connectivity index (χ1v) is 7.32. The predicted octanol–water partition coefficient (Wildman–Crippen LogP) is 1.39. The lowest BCUT2D eigenvalue weighted by atomic mass is 10.1. The maximum atomic E-state index is 8.98. The molecule has 5 heteroatoms. The van der Waals surface area contributed by atoms with Crippen molar-refractivity contribution in [2.45, 2.75) is 19.3 Å². The van der Waals surface area contributed by atoms with Crippen molar-refractivity contribution in [2.24, 2.45) is 5.92 Å². The Balaban J connectivity index is 1.57. The van der Waals surface area contributed by atoms with Gasteiger partial charge in [-0.05, 0) is 43.5 Å². The Morgan fingerprint density at radius 3 is 3.20 bits per heavy atom. The lowest BCUT2D eigenvalue weighted by molar-refractivity contribution is 0.251. The highest BCUT2D eigenvalue weighted by atomic mass is 16.3. The van der Waals surface area contributed by atoms with Gasteiger partial charge >= 0.3 is 0 Å². The number of anilines is 1. The number of aromatic amines is 1. The number of nitrogens with one attached hydrogen (secondary N) is 1. The number of H-pyrrole nitrogens is 1. The summed E-state index contributed by atoms with van der Waals surface area (Å²) in [6, 6.07) is 5.77. The maximum absolute atomic E-state index is 8.98. The van der Waals surface area contributed by atoms with Crippen LogP contribution in [0.4, 0.5) is 5.69 Å². The van der Waals surface area contributed by atoms with E-state index in [0.29, 0.717) is 12.5 Å². The molecule has 0 radical (unpaired) electrons. The third kappa shape index (κ3) is 2.94. The summed E-state index contributed by atoms with van der Waals surface area (Å²) in [5.41, 5.74) is 8.53. The molecule has 2 aromatic rings. The number of rotatable bonds is 5. The minimum absolute atomic E-state index is 0.309. The summed E-state index contributed by atoms with van der Waals surface area (Å²) in [4.78, 5) is 10.4. The molecule has 1 aliphatic rings. The molecule has 2 heterocycles. The van der Waals surface area contributed by atoms with E-state index < -0.39 is 0 Å². The van der Waals surface area contributed by atoms with Gasteiger partial charge in [-0.2, -0.15) is 0 Å². The molecule has 1 fully saturated rings. The Labute approximate surface area is 118 Å². The molecule has 1 aromatic carbocycles. The van der Waals surface area contributed by atoms with Crippen molar-refractivity contribution in [3.8, 4) is 0 Å². The van der Waals surface area contributed by atoms with Crippen LogP contribution in [0.15, 0.2) is 18.2 Å². The van der Waals surface area contributed by atoms with E-state index in [0.717, 1.165) is 55.0 Å². The number of benzene rings is 1. The topological polar surface area (TPSA) is 78.2 Å². The molecule has 1 unspecified atom stereocenters. The van der Waals surface area contributed by atoms with Crippen molar-refractivity contribution in [3.05, 3.63) is 24.0 Å². The van der Waals surface area contributed by atoms with Crippen LogP contribution in [0.3, 0.4) is 0 Å². The summed E-state index contributed by atoms with van der Waals surface area (Å²) in [5.74, 6) is 1.69. The predicted molar refractivity (Wildman–Crippen MR) is 80.5 cm³/mol. The van der Waals surface area contributed by atoms with Gasteiger partial charge in [0.25, 0.3) is 0 Å². The van der Waals surface area contributed by atoms with Crippen LogP contribution >= 0.6 is 0 Å². The van der Waals surface area contributed by atoms with Crippen molar-refractivity contribution in [1.29, 1.82) is 0 Å². The number of fused-ring (bicyclic) bond motifs is 1. The van der Waals surface area contributed by atoms with E-state index in [4.69, 9.17) is 10.8 Å². The van der Waals surface area contributed by atoms with Gasteiger partial charge in [-0.15, -0.1) is 0 Å². The Hall–Kier alpha value is -1.59. The van der Waals surface area contributed by atoms with Gasteiger partial charge in [0, 0.05) is 31.8 Å². The van der Waals surface area contributed by atoms with Crippen LogP contribution in [0.2, 0.25) is 0 Å². The van der Waals surface area contributed by atoms with E-state index in [-0.39, 0.29) is 0 Å². The van der Waals surface area contributed by atoms with Gasteiger partial charge in [0.2, 0.25) is 0 Å². The maximum Gasteiger partial charge on any atom is 0.108 e. The van der Waals surface area contributed by atoms with Gasteiger partial charge in [-0.1, -0.05) is 0 Å². The highest BCUT2D eigenvalue weighted by molar-refractivity contribution is 5.78. The van der Waals surface area contributed by atoms with Crippen LogP contribution in [0.1, 0.15) is 18.7 Å². The van der Waals surface area contributed by atoms with Crippen LogP contribution in [0.5, 0.6) is 0 Å². The second-order valence-electron chi connectivity index (χ2n) is 5.68. The van der Waals surface area contributed by atoms with Crippen LogP contribution in [0, 0.1) is 5.92 Å². The zero-order valence-electron chi connectivity index (χ0n) is 11.7. The second kappa shape index (κ2) is 5.81. The number of likely N-dealkylation sites (tertiary alicyclic amines) is 1. The molecule has 0 aliphatic carbocycles. The summed E-state index contributed by atoms with van der Waals surface area (Å²) in [7, 11) is 0. The van der Waals surface area contributed by atoms with Crippen LogP contribution in [0.25, 0.3) is 11.0 Å². The Kier molecular flexibility index (Phi) is 3.89. The molecule has 5 nitrogen and oxygen atoms in total. The quantitative estimate of drug-likeness (QED) is 0.720. The zero-order valence-corrected chi connectivity index (χ0v) is 11.7. The molecule has 108 valence electrons. The van der Waals surface area contributed by atoms with Crippen LogP contribution in [-0.2, 0) is 6.42 Å². The Bertz CT molecular complexity index is 580. The van der Waals surface area contributed by atoms with Crippen molar-refractivity contribution < 1.29 is 5.11 Å². The van der Waals surface area contributed by atoms with Gasteiger partial charge < -0.3 is 20.7 Å². The SMILES string of the molecule is Nc1ccc2nc(CCN3CCC(CCO)C3)[nH]c2c1. The average Bonchev–Trinajstić information content (AvgIpc) is 3.02. The molecule has 1 saturated heterocycles. The first kappa shape index (κ1) is 13.4. The summed E-state index contributed by atoms with van der Waals surface area (Å²) in [5, 5.41) is 8.98. The number of nitrogens with two attached hydrogens (primary N) is 1. The highest BCUT2D eigenvalue weighted by Gasteiger charge is 2.21. The Morgan fingerprint density at radius 2 is 2.35 bits per heavy atom. The number of nitrogen functional groups attached to an aromatic ring is 1. The molecule has 0 amide bonds. The van der Waals surface area contributed by atoms with Crippen molar-refractivity contribution in [2.75, 3.05) is 32.0 Å². The number of nitrogens with zero attached hydrogens (tertiary/aromatic N) is 2. The second-order valence-corrected chi connectivity index (χ2v) is 5.68. The van der Waals surface area contributed by atoms with Gasteiger partial charge in [0.15, 0.2) is 0 Å². The van der Waals surface area contributed by atoms with Crippen LogP contribution < -0.4 is 5.73 Å². The van der Waals surface area contributed by atoms with Gasteiger partial charge in [-0.25, -0.2) is 4.98 Å². The molecule has 3 rings (SSSR count). The minimum Gasteiger partial charge on any atom is -0.399 e.